The van der Waals surface area contributed by atoms with Gasteiger partial charge in [0.2, 0.25) is 5.91 Å². The van der Waals surface area contributed by atoms with Gasteiger partial charge in [-0.05, 0) is 31.5 Å². The van der Waals surface area contributed by atoms with Crippen LogP contribution in [-0.4, -0.2) is 50.1 Å². The zero-order chi connectivity index (χ0) is 21.3. The maximum Gasteiger partial charge on any atom is 0.267 e. The molecule has 1 aliphatic heterocycles. The van der Waals surface area contributed by atoms with E-state index in [9.17, 15) is 9.59 Å². The number of hydrogen-bond acceptors (Lipinski definition) is 5. The highest BCUT2D eigenvalue weighted by atomic mass is 16.2. The average Bonchev–Trinajstić information content (AvgIpc) is 3.32. The highest BCUT2D eigenvalue weighted by Crippen LogP contribution is 2.20. The molecule has 30 heavy (non-hydrogen) atoms. The number of hydrogen-bond donors (Lipinski definition) is 1. The van der Waals surface area contributed by atoms with Crippen LogP contribution in [-0.2, 0) is 4.79 Å². The summed E-state index contributed by atoms with van der Waals surface area (Å²) in [5, 5.41) is 4.24. The Morgan fingerprint density at radius 1 is 1.23 bits per heavy atom. The van der Waals surface area contributed by atoms with E-state index < -0.39 is 5.91 Å². The summed E-state index contributed by atoms with van der Waals surface area (Å²) in [5.74, 6) is 6.05. The monoisotopic (exact) mass is 400 g/mol. The fourth-order valence-electron chi connectivity index (χ4n) is 3.27. The highest BCUT2D eigenvalue weighted by molar-refractivity contribution is 5.91. The van der Waals surface area contributed by atoms with Crippen molar-refractivity contribution in [3.8, 4) is 29.0 Å². The molecule has 0 radical (unpaired) electrons. The van der Waals surface area contributed by atoms with E-state index in [0.29, 0.717) is 17.2 Å². The van der Waals surface area contributed by atoms with Gasteiger partial charge in [-0.1, -0.05) is 24.0 Å². The number of aryl methyl sites for hydroxylation is 1. The number of carbonyl (C=O) groups is 2. The fraction of sp³-hybridized carbons (Fsp3) is 0.227. The Kier molecular flexibility index (Phi) is 5.02. The molecule has 3 heterocycles. The summed E-state index contributed by atoms with van der Waals surface area (Å²) in [6.07, 6.45) is 2.39. The minimum absolute atomic E-state index is 0.0513. The second-order valence-corrected chi connectivity index (χ2v) is 7.13. The van der Waals surface area contributed by atoms with Crippen LogP contribution >= 0.6 is 0 Å². The Hall–Kier alpha value is -3.99. The minimum atomic E-state index is -0.649. The highest BCUT2D eigenvalue weighted by Gasteiger charge is 2.27. The zero-order valence-corrected chi connectivity index (χ0v) is 16.7. The number of likely N-dealkylation sites (tertiary alicyclic amines) is 1. The van der Waals surface area contributed by atoms with Crippen molar-refractivity contribution < 1.29 is 9.59 Å². The van der Waals surface area contributed by atoms with Crippen LogP contribution in [0.25, 0.3) is 17.2 Å². The van der Waals surface area contributed by atoms with Gasteiger partial charge in [-0.3, -0.25) is 9.59 Å². The summed E-state index contributed by atoms with van der Waals surface area (Å²) in [6, 6.07) is 10.7. The molecule has 1 atom stereocenters. The smallest absolute Gasteiger partial charge is 0.267 e. The van der Waals surface area contributed by atoms with Crippen molar-refractivity contribution in [1.82, 2.24) is 24.6 Å². The van der Waals surface area contributed by atoms with Crippen LogP contribution in [0.4, 0.5) is 0 Å². The van der Waals surface area contributed by atoms with Crippen molar-refractivity contribution in [2.45, 2.75) is 13.3 Å². The Bertz CT molecular complexity index is 1200. The molecule has 1 aromatic carbocycles. The first kappa shape index (κ1) is 19.3. The Labute approximate surface area is 173 Å². The first-order valence-corrected chi connectivity index (χ1v) is 9.49. The van der Waals surface area contributed by atoms with Crippen molar-refractivity contribution in [3.05, 3.63) is 59.5 Å². The van der Waals surface area contributed by atoms with Crippen LogP contribution in [0.1, 0.15) is 28.2 Å². The third-order valence-electron chi connectivity index (χ3n) is 4.95. The van der Waals surface area contributed by atoms with E-state index in [1.165, 1.54) is 6.07 Å². The van der Waals surface area contributed by atoms with Crippen LogP contribution in [0.3, 0.4) is 0 Å². The lowest BCUT2D eigenvalue weighted by Gasteiger charge is -2.08. The maximum atomic E-state index is 12.0. The second-order valence-electron chi connectivity index (χ2n) is 7.13. The minimum Gasteiger partial charge on any atom is -0.364 e. The van der Waals surface area contributed by atoms with Gasteiger partial charge in [-0.2, -0.15) is 5.10 Å². The summed E-state index contributed by atoms with van der Waals surface area (Å²) in [6.45, 7) is 2.61. The molecule has 8 heteroatoms. The van der Waals surface area contributed by atoms with Crippen molar-refractivity contribution in [2.75, 3.05) is 13.6 Å². The number of nitrogens with zero attached hydrogens (tertiary/aromatic N) is 5. The van der Waals surface area contributed by atoms with Gasteiger partial charge < -0.3 is 10.6 Å². The molecular formula is C22H20N6O2. The summed E-state index contributed by atoms with van der Waals surface area (Å²) < 4.78 is 1.61. The van der Waals surface area contributed by atoms with Crippen molar-refractivity contribution in [2.24, 2.45) is 11.7 Å². The third kappa shape index (κ3) is 3.78. The molecule has 150 valence electrons. The molecule has 1 fully saturated rings. The molecule has 0 saturated carbocycles. The number of aromatic nitrogens is 4. The van der Waals surface area contributed by atoms with Gasteiger partial charge in [-0.25, -0.2) is 14.6 Å². The summed E-state index contributed by atoms with van der Waals surface area (Å²) in [4.78, 5) is 34.4. The molecule has 0 aliphatic carbocycles. The number of carbonyl (C=O) groups excluding carboxylic acids is 2. The van der Waals surface area contributed by atoms with Gasteiger partial charge in [0, 0.05) is 42.7 Å². The Morgan fingerprint density at radius 3 is 2.73 bits per heavy atom. The molecule has 8 nitrogen and oxygen atoms in total. The lowest BCUT2D eigenvalue weighted by Crippen LogP contribution is -2.21. The fourth-order valence-corrected chi connectivity index (χ4v) is 3.27. The zero-order valence-electron chi connectivity index (χ0n) is 16.7. The summed E-state index contributed by atoms with van der Waals surface area (Å²) in [7, 11) is 1.78. The van der Waals surface area contributed by atoms with Crippen molar-refractivity contribution in [3.63, 3.8) is 0 Å². The van der Waals surface area contributed by atoms with E-state index in [2.05, 4.69) is 26.9 Å². The van der Waals surface area contributed by atoms with Gasteiger partial charge in [0.05, 0.1) is 0 Å². The van der Waals surface area contributed by atoms with E-state index in [1.54, 1.807) is 22.8 Å². The van der Waals surface area contributed by atoms with Crippen LogP contribution in [0.5, 0.6) is 0 Å². The van der Waals surface area contributed by atoms with E-state index in [1.807, 2.05) is 37.3 Å². The quantitative estimate of drug-likeness (QED) is 0.672. The van der Waals surface area contributed by atoms with Crippen LogP contribution in [0, 0.1) is 24.7 Å². The first-order valence-electron chi connectivity index (χ1n) is 9.49. The molecule has 3 aromatic rings. The molecule has 4 rings (SSSR count). The predicted octanol–water partition coefficient (Wildman–Crippen LogP) is 1.57. The van der Waals surface area contributed by atoms with Gasteiger partial charge >= 0.3 is 0 Å². The molecule has 1 unspecified atom stereocenters. The number of nitrogens with two attached hydrogens (primary N) is 1. The van der Waals surface area contributed by atoms with Crippen molar-refractivity contribution >= 4 is 11.8 Å². The van der Waals surface area contributed by atoms with E-state index in [4.69, 9.17) is 5.73 Å². The average molecular weight is 400 g/mol. The molecule has 2 N–H and O–H groups in total. The van der Waals surface area contributed by atoms with E-state index in [-0.39, 0.29) is 17.5 Å². The number of rotatable bonds is 3. The largest absolute Gasteiger partial charge is 0.364 e. The molecule has 2 aromatic heterocycles. The van der Waals surface area contributed by atoms with Crippen LogP contribution in [0.2, 0.25) is 0 Å². The second kappa shape index (κ2) is 7.79. The number of benzene rings is 1. The molecule has 1 saturated heterocycles. The molecule has 2 amide bonds. The number of primary amides is 1. The molecule has 1 aliphatic rings. The van der Waals surface area contributed by atoms with Crippen molar-refractivity contribution in [1.29, 1.82) is 0 Å². The van der Waals surface area contributed by atoms with Crippen LogP contribution in [0.15, 0.2) is 42.6 Å². The lowest BCUT2D eigenvalue weighted by atomic mass is 10.1. The standard InChI is InChI=1S/C22H20N6O2/c1-14-8-10-24-28(14)19-13-18(20(23)29)25-21(26-19)17-5-3-4-15(12-17)6-7-16-9-11-27(2)22(16)30/h3-5,8,10,12-13,16H,9,11H2,1-2H3,(H2,23,29). The van der Waals surface area contributed by atoms with Gasteiger partial charge in [-0.15, -0.1) is 0 Å². The Balaban J connectivity index is 1.72. The van der Waals surface area contributed by atoms with Gasteiger partial charge in [0.25, 0.3) is 5.91 Å². The third-order valence-corrected chi connectivity index (χ3v) is 4.95. The Morgan fingerprint density at radius 2 is 2.07 bits per heavy atom. The normalized spacial score (nSPS) is 15.7. The van der Waals surface area contributed by atoms with Crippen LogP contribution < -0.4 is 5.73 Å². The van der Waals surface area contributed by atoms with E-state index in [0.717, 1.165) is 24.2 Å². The van der Waals surface area contributed by atoms with Gasteiger partial charge in [0.1, 0.15) is 11.6 Å². The summed E-state index contributed by atoms with van der Waals surface area (Å²) >= 11 is 0. The number of amides is 2. The van der Waals surface area contributed by atoms with E-state index >= 15 is 0 Å². The predicted molar refractivity (Wildman–Crippen MR) is 110 cm³/mol. The first-order chi connectivity index (χ1) is 14.4. The molecule has 0 spiro atoms. The molecular weight excluding hydrogens is 380 g/mol. The molecule has 0 bridgehead atoms. The lowest BCUT2D eigenvalue weighted by molar-refractivity contribution is -0.128. The maximum absolute atomic E-state index is 12.0. The summed E-state index contributed by atoms with van der Waals surface area (Å²) in [5.41, 5.74) is 7.86. The van der Waals surface area contributed by atoms with Gasteiger partial charge in [0.15, 0.2) is 11.6 Å². The SMILES string of the molecule is Cc1ccnn1-c1cc(C(N)=O)nc(-c2cccc(C#CC3CCN(C)C3=O)c2)n1. The topological polar surface area (TPSA) is 107 Å².